The first-order valence-electron chi connectivity index (χ1n) is 10.4. The number of anilines is 1. The van der Waals surface area contributed by atoms with Crippen molar-refractivity contribution in [3.63, 3.8) is 0 Å². The number of alkyl halides is 3. The molecule has 0 aliphatic heterocycles. The fraction of sp³-hybridized carbons (Fsp3) is 0.250. The van der Waals surface area contributed by atoms with Crippen molar-refractivity contribution in [2.75, 3.05) is 11.9 Å². The van der Waals surface area contributed by atoms with Crippen LogP contribution >= 0.6 is 0 Å². The summed E-state index contributed by atoms with van der Waals surface area (Å²) in [4.78, 5) is 22.3. The van der Waals surface area contributed by atoms with Gasteiger partial charge < -0.3 is 4.90 Å². The molecule has 0 saturated heterocycles. The van der Waals surface area contributed by atoms with Crippen LogP contribution in [0.5, 0.6) is 0 Å². The maximum Gasteiger partial charge on any atom is 0.453 e. The van der Waals surface area contributed by atoms with Gasteiger partial charge in [-0.3, -0.25) is 4.79 Å². The van der Waals surface area contributed by atoms with E-state index in [0.717, 1.165) is 21.3 Å². The molecule has 6 nitrogen and oxygen atoms in total. The number of carbonyl (C=O) groups is 1. The predicted octanol–water partition coefficient (Wildman–Crippen LogP) is 5.02. The van der Waals surface area contributed by atoms with E-state index in [1.807, 2.05) is 54.6 Å². The fourth-order valence-corrected chi connectivity index (χ4v) is 3.85. The van der Waals surface area contributed by atoms with E-state index in [1.165, 1.54) is 0 Å². The first kappa shape index (κ1) is 22.4. The van der Waals surface area contributed by atoms with Crippen LogP contribution < -0.4 is 4.90 Å². The van der Waals surface area contributed by atoms with Crippen LogP contribution in [0, 0.1) is 13.8 Å². The fourth-order valence-electron chi connectivity index (χ4n) is 3.85. The number of nitrogens with zero attached hydrogens (tertiary/aromatic N) is 5. The van der Waals surface area contributed by atoms with E-state index in [9.17, 15) is 18.0 Å². The standard InChI is InChI=1S/C24H22F3N5O/c1-15-18(16(2)32-23(28-15)29-22(30-32)24(25,26)27)13-14-21(33)31(3)20-12-8-7-11-19(20)17-9-5-4-6-10-17/h4-12H,13-14H2,1-3H3. The van der Waals surface area contributed by atoms with Gasteiger partial charge in [0.25, 0.3) is 11.6 Å². The van der Waals surface area contributed by atoms with E-state index in [2.05, 4.69) is 15.1 Å². The van der Waals surface area contributed by atoms with E-state index < -0.39 is 12.0 Å². The summed E-state index contributed by atoms with van der Waals surface area (Å²) in [5.74, 6) is -1.46. The Morgan fingerprint density at radius 1 is 1.00 bits per heavy atom. The second-order valence-corrected chi connectivity index (χ2v) is 7.74. The molecule has 0 aliphatic carbocycles. The Morgan fingerprint density at radius 2 is 1.67 bits per heavy atom. The van der Waals surface area contributed by atoms with E-state index in [1.54, 1.807) is 25.8 Å². The Bertz CT molecular complexity index is 1320. The Morgan fingerprint density at radius 3 is 2.36 bits per heavy atom. The zero-order valence-corrected chi connectivity index (χ0v) is 18.4. The number of amides is 1. The molecule has 0 spiro atoms. The summed E-state index contributed by atoms with van der Waals surface area (Å²) in [7, 11) is 1.72. The van der Waals surface area contributed by atoms with Gasteiger partial charge in [-0.2, -0.15) is 18.2 Å². The smallest absolute Gasteiger partial charge is 0.315 e. The highest BCUT2D eigenvalue weighted by Crippen LogP contribution is 2.31. The quantitative estimate of drug-likeness (QED) is 0.426. The van der Waals surface area contributed by atoms with Crippen LogP contribution in [0.1, 0.15) is 29.2 Å². The number of hydrogen-bond acceptors (Lipinski definition) is 4. The van der Waals surface area contributed by atoms with Gasteiger partial charge >= 0.3 is 6.18 Å². The average molecular weight is 453 g/mol. The molecule has 0 aliphatic rings. The molecule has 0 unspecified atom stereocenters. The molecular weight excluding hydrogens is 431 g/mol. The number of aryl methyl sites for hydroxylation is 2. The molecule has 2 heterocycles. The van der Waals surface area contributed by atoms with Crippen molar-refractivity contribution in [1.82, 2.24) is 19.6 Å². The van der Waals surface area contributed by atoms with Crippen LogP contribution in [0.3, 0.4) is 0 Å². The highest BCUT2D eigenvalue weighted by Gasteiger charge is 2.37. The summed E-state index contributed by atoms with van der Waals surface area (Å²) in [5.41, 5.74) is 4.41. The maximum absolute atomic E-state index is 13.0. The average Bonchev–Trinajstić information content (AvgIpc) is 3.24. The third-order valence-corrected chi connectivity index (χ3v) is 5.62. The van der Waals surface area contributed by atoms with Crippen LogP contribution in [0.25, 0.3) is 16.9 Å². The number of hydrogen-bond donors (Lipinski definition) is 0. The lowest BCUT2D eigenvalue weighted by Crippen LogP contribution is -2.27. The van der Waals surface area contributed by atoms with Gasteiger partial charge in [-0.1, -0.05) is 48.5 Å². The van der Waals surface area contributed by atoms with Gasteiger partial charge in [0.1, 0.15) is 0 Å². The van der Waals surface area contributed by atoms with Crippen molar-refractivity contribution in [3.05, 3.63) is 77.4 Å². The highest BCUT2D eigenvalue weighted by molar-refractivity contribution is 5.97. The first-order valence-corrected chi connectivity index (χ1v) is 10.4. The summed E-state index contributed by atoms with van der Waals surface area (Å²) in [6.07, 6.45) is -4.17. The van der Waals surface area contributed by atoms with Crippen molar-refractivity contribution < 1.29 is 18.0 Å². The maximum atomic E-state index is 13.0. The summed E-state index contributed by atoms with van der Waals surface area (Å²) in [5, 5.41) is 3.56. The Kier molecular flexibility index (Phi) is 5.88. The van der Waals surface area contributed by atoms with Gasteiger partial charge in [-0.05, 0) is 37.5 Å². The van der Waals surface area contributed by atoms with Gasteiger partial charge in [0.2, 0.25) is 5.91 Å². The molecule has 0 fully saturated rings. The van der Waals surface area contributed by atoms with Crippen molar-refractivity contribution in [2.24, 2.45) is 0 Å². The molecule has 4 aromatic rings. The molecule has 0 saturated carbocycles. The van der Waals surface area contributed by atoms with E-state index in [-0.39, 0.29) is 18.1 Å². The molecule has 2 aromatic heterocycles. The predicted molar refractivity (Wildman–Crippen MR) is 119 cm³/mol. The van der Waals surface area contributed by atoms with Crippen LogP contribution in [-0.2, 0) is 17.4 Å². The number of rotatable bonds is 5. The molecule has 0 radical (unpaired) electrons. The number of aromatic nitrogens is 4. The monoisotopic (exact) mass is 453 g/mol. The molecule has 0 N–H and O–H groups in total. The molecule has 33 heavy (non-hydrogen) atoms. The lowest BCUT2D eigenvalue weighted by atomic mass is 10.0. The van der Waals surface area contributed by atoms with Crippen molar-refractivity contribution >= 4 is 17.4 Å². The number of para-hydroxylation sites is 1. The number of halogens is 3. The van der Waals surface area contributed by atoms with Gasteiger partial charge in [-0.15, -0.1) is 5.10 Å². The second kappa shape index (κ2) is 8.65. The first-order chi connectivity index (χ1) is 15.7. The summed E-state index contributed by atoms with van der Waals surface area (Å²) in [6, 6.07) is 17.4. The van der Waals surface area contributed by atoms with Crippen LogP contribution in [0.15, 0.2) is 54.6 Å². The minimum absolute atomic E-state index is 0.110. The molecule has 170 valence electrons. The Hall–Kier alpha value is -3.75. The number of carbonyl (C=O) groups excluding carboxylic acids is 1. The van der Waals surface area contributed by atoms with Gasteiger partial charge in [-0.25, -0.2) is 9.50 Å². The normalized spacial score (nSPS) is 11.7. The van der Waals surface area contributed by atoms with E-state index in [4.69, 9.17) is 0 Å². The van der Waals surface area contributed by atoms with Crippen LogP contribution in [0.4, 0.5) is 18.9 Å². The lowest BCUT2D eigenvalue weighted by molar-refractivity contribution is -0.144. The van der Waals surface area contributed by atoms with Gasteiger partial charge in [0.05, 0.1) is 5.69 Å². The van der Waals surface area contributed by atoms with Crippen molar-refractivity contribution in [2.45, 2.75) is 32.9 Å². The molecule has 0 atom stereocenters. The van der Waals surface area contributed by atoms with E-state index >= 15 is 0 Å². The third-order valence-electron chi connectivity index (χ3n) is 5.62. The lowest BCUT2D eigenvalue weighted by Gasteiger charge is -2.21. The minimum Gasteiger partial charge on any atom is -0.315 e. The molecular formula is C24H22F3N5O. The molecule has 2 aromatic carbocycles. The second-order valence-electron chi connectivity index (χ2n) is 7.74. The zero-order chi connectivity index (χ0) is 23.8. The van der Waals surface area contributed by atoms with Crippen LogP contribution in [0.2, 0.25) is 0 Å². The third kappa shape index (κ3) is 4.44. The van der Waals surface area contributed by atoms with Crippen molar-refractivity contribution in [3.8, 4) is 11.1 Å². The molecule has 1 amide bonds. The minimum atomic E-state index is -4.65. The summed E-state index contributed by atoms with van der Waals surface area (Å²) < 4.78 is 40.1. The van der Waals surface area contributed by atoms with Gasteiger partial charge in [0.15, 0.2) is 0 Å². The van der Waals surface area contributed by atoms with E-state index in [0.29, 0.717) is 23.4 Å². The van der Waals surface area contributed by atoms with Crippen molar-refractivity contribution in [1.29, 1.82) is 0 Å². The number of fused-ring (bicyclic) bond motifs is 1. The zero-order valence-electron chi connectivity index (χ0n) is 18.4. The Balaban J connectivity index is 1.57. The summed E-state index contributed by atoms with van der Waals surface area (Å²) >= 11 is 0. The SMILES string of the molecule is Cc1nc2nc(C(F)(F)F)nn2c(C)c1CCC(=O)N(C)c1ccccc1-c1ccccc1. The number of benzene rings is 2. The highest BCUT2D eigenvalue weighted by atomic mass is 19.4. The molecule has 9 heteroatoms. The summed E-state index contributed by atoms with van der Waals surface area (Å²) in [6.45, 7) is 3.36. The molecule has 0 bridgehead atoms. The topological polar surface area (TPSA) is 63.4 Å². The Labute approximate surface area is 188 Å². The van der Waals surface area contributed by atoms with Crippen LogP contribution in [-0.4, -0.2) is 32.5 Å². The molecule has 4 rings (SSSR count). The van der Waals surface area contributed by atoms with Gasteiger partial charge in [0, 0.05) is 30.4 Å². The largest absolute Gasteiger partial charge is 0.453 e.